The Morgan fingerprint density at radius 1 is 0.943 bits per heavy atom. The van der Waals surface area contributed by atoms with Crippen molar-refractivity contribution in [1.82, 2.24) is 0 Å². The van der Waals surface area contributed by atoms with Crippen LogP contribution in [0.15, 0.2) is 59.2 Å². The second kappa shape index (κ2) is 10.2. The summed E-state index contributed by atoms with van der Waals surface area (Å²) in [5.74, 6) is 0.0797. The molecule has 1 saturated heterocycles. The Balaban J connectivity index is 1.41. The number of furan rings is 1. The summed E-state index contributed by atoms with van der Waals surface area (Å²) in [4.78, 5) is 39.2. The van der Waals surface area contributed by atoms with E-state index in [0.29, 0.717) is 34.3 Å². The van der Waals surface area contributed by atoms with Gasteiger partial charge in [0, 0.05) is 36.5 Å². The zero-order valence-electron chi connectivity index (χ0n) is 19.5. The molecule has 2 aromatic carbocycles. The predicted molar refractivity (Wildman–Crippen MR) is 128 cm³/mol. The van der Waals surface area contributed by atoms with Crippen LogP contribution in [0.4, 0.5) is 17.1 Å². The molecule has 35 heavy (non-hydrogen) atoms. The van der Waals surface area contributed by atoms with Crippen LogP contribution in [0.5, 0.6) is 17.2 Å². The van der Waals surface area contributed by atoms with Gasteiger partial charge in [-0.3, -0.25) is 14.4 Å². The number of carbonyl (C=O) groups is 3. The van der Waals surface area contributed by atoms with E-state index < -0.39 is 5.92 Å². The van der Waals surface area contributed by atoms with E-state index in [9.17, 15) is 14.4 Å². The van der Waals surface area contributed by atoms with E-state index >= 15 is 0 Å². The molecule has 0 saturated carbocycles. The first-order valence-corrected chi connectivity index (χ1v) is 10.8. The molecule has 10 heteroatoms. The maximum absolute atomic E-state index is 12.9. The molecule has 1 aliphatic heterocycles. The van der Waals surface area contributed by atoms with Crippen LogP contribution in [-0.4, -0.2) is 45.6 Å². The average molecular weight is 479 g/mol. The molecular formula is C25H25N3O7. The zero-order valence-corrected chi connectivity index (χ0v) is 19.5. The molecule has 10 nitrogen and oxygen atoms in total. The molecule has 1 atom stereocenters. The van der Waals surface area contributed by atoms with Crippen molar-refractivity contribution in [3.8, 4) is 17.2 Å². The lowest BCUT2D eigenvalue weighted by Crippen LogP contribution is -2.28. The molecule has 1 aliphatic rings. The molecule has 2 N–H and O–H groups in total. The first kappa shape index (κ1) is 23.7. The fourth-order valence-corrected chi connectivity index (χ4v) is 3.84. The molecule has 0 spiro atoms. The lowest BCUT2D eigenvalue weighted by molar-refractivity contribution is -0.122. The Morgan fingerprint density at radius 2 is 1.57 bits per heavy atom. The van der Waals surface area contributed by atoms with Crippen LogP contribution in [0.3, 0.4) is 0 Å². The minimum absolute atomic E-state index is 0.0692. The Morgan fingerprint density at radius 3 is 2.11 bits per heavy atom. The molecule has 4 rings (SSSR count). The van der Waals surface area contributed by atoms with Crippen molar-refractivity contribution in [3.63, 3.8) is 0 Å². The maximum Gasteiger partial charge on any atom is 0.291 e. The lowest BCUT2D eigenvalue weighted by atomic mass is 10.1. The standard InChI is InChI=1S/C25H25N3O7/c1-32-20-12-18(13-21(33-2)23(20)34-3)28-14-15(11-22(28)29)24(30)26-16-6-8-17(9-7-16)27-25(31)19-5-4-10-35-19/h4-10,12-13,15H,11,14H2,1-3H3,(H,26,30)(H,27,31)/t15-/m0/s1. The molecule has 1 aromatic heterocycles. The molecule has 3 amide bonds. The van der Waals surface area contributed by atoms with Crippen molar-refractivity contribution in [2.45, 2.75) is 6.42 Å². The number of hydrogen-bond donors (Lipinski definition) is 2. The predicted octanol–water partition coefficient (Wildman–Crippen LogP) is 3.55. The summed E-state index contributed by atoms with van der Waals surface area (Å²) in [6, 6.07) is 13.2. The molecule has 3 aromatic rings. The van der Waals surface area contributed by atoms with Gasteiger partial charge >= 0.3 is 0 Å². The normalized spacial score (nSPS) is 15.0. The summed E-state index contributed by atoms with van der Waals surface area (Å²) in [6.45, 7) is 0.209. The summed E-state index contributed by atoms with van der Waals surface area (Å²) in [7, 11) is 4.49. The first-order chi connectivity index (χ1) is 16.9. The molecule has 0 bridgehead atoms. The van der Waals surface area contributed by atoms with Crippen molar-refractivity contribution in [3.05, 3.63) is 60.6 Å². The van der Waals surface area contributed by atoms with Gasteiger partial charge in [-0.2, -0.15) is 0 Å². The summed E-state index contributed by atoms with van der Waals surface area (Å²) in [6.07, 6.45) is 1.49. The number of rotatable bonds is 8. The molecule has 182 valence electrons. The average Bonchev–Trinajstić information content (AvgIpc) is 3.54. The van der Waals surface area contributed by atoms with Gasteiger partial charge < -0.3 is 34.2 Å². The Bertz CT molecular complexity index is 1200. The van der Waals surface area contributed by atoms with Crippen molar-refractivity contribution in [1.29, 1.82) is 0 Å². The van der Waals surface area contributed by atoms with E-state index in [2.05, 4.69) is 10.6 Å². The highest BCUT2D eigenvalue weighted by atomic mass is 16.5. The van der Waals surface area contributed by atoms with E-state index in [1.54, 1.807) is 48.5 Å². The molecule has 0 aliphatic carbocycles. The van der Waals surface area contributed by atoms with E-state index in [4.69, 9.17) is 18.6 Å². The Kier molecular flexibility index (Phi) is 6.91. The van der Waals surface area contributed by atoms with Gasteiger partial charge in [0.1, 0.15) is 0 Å². The topological polar surface area (TPSA) is 119 Å². The molecule has 2 heterocycles. The third kappa shape index (κ3) is 5.06. The van der Waals surface area contributed by atoms with Gasteiger partial charge in [-0.1, -0.05) is 0 Å². The second-order valence-corrected chi connectivity index (χ2v) is 7.79. The van der Waals surface area contributed by atoms with E-state index in [-0.39, 0.29) is 36.4 Å². The number of methoxy groups -OCH3 is 3. The summed E-state index contributed by atoms with van der Waals surface area (Å²) in [5.41, 5.74) is 1.65. The van der Waals surface area contributed by atoms with Crippen LogP contribution >= 0.6 is 0 Å². The zero-order chi connectivity index (χ0) is 24.9. The number of carbonyl (C=O) groups excluding carboxylic acids is 3. The number of benzene rings is 2. The lowest BCUT2D eigenvalue weighted by Gasteiger charge is -2.20. The van der Waals surface area contributed by atoms with E-state index in [1.165, 1.54) is 32.5 Å². The van der Waals surface area contributed by atoms with E-state index in [0.717, 1.165) is 0 Å². The monoisotopic (exact) mass is 479 g/mol. The summed E-state index contributed by atoms with van der Waals surface area (Å²) < 4.78 is 21.1. The van der Waals surface area contributed by atoms with Crippen LogP contribution in [0.1, 0.15) is 17.0 Å². The summed E-state index contributed by atoms with van der Waals surface area (Å²) >= 11 is 0. The smallest absolute Gasteiger partial charge is 0.291 e. The number of nitrogens with one attached hydrogen (secondary N) is 2. The Labute approximate surface area is 201 Å². The van der Waals surface area contributed by atoms with Gasteiger partial charge in [0.05, 0.1) is 39.2 Å². The minimum Gasteiger partial charge on any atom is -0.493 e. The SMILES string of the molecule is COc1cc(N2C[C@@H](C(=O)Nc3ccc(NC(=O)c4ccco4)cc3)CC2=O)cc(OC)c1OC. The highest BCUT2D eigenvalue weighted by molar-refractivity contribution is 6.04. The van der Waals surface area contributed by atoms with Crippen molar-refractivity contribution < 1.29 is 33.0 Å². The number of hydrogen-bond acceptors (Lipinski definition) is 7. The number of nitrogens with zero attached hydrogens (tertiary/aromatic N) is 1. The fraction of sp³-hybridized carbons (Fsp3) is 0.240. The first-order valence-electron chi connectivity index (χ1n) is 10.8. The number of ether oxygens (including phenoxy) is 3. The molecule has 1 fully saturated rings. The van der Waals surface area contributed by atoms with Gasteiger partial charge in [0.25, 0.3) is 5.91 Å². The van der Waals surface area contributed by atoms with Crippen molar-refractivity contribution in [2.75, 3.05) is 43.4 Å². The molecule has 0 unspecified atom stereocenters. The van der Waals surface area contributed by atoms with Crippen molar-refractivity contribution in [2.24, 2.45) is 5.92 Å². The fourth-order valence-electron chi connectivity index (χ4n) is 3.84. The highest BCUT2D eigenvalue weighted by Crippen LogP contribution is 2.42. The number of amides is 3. The largest absolute Gasteiger partial charge is 0.493 e. The van der Waals surface area contributed by atoms with Crippen molar-refractivity contribution >= 4 is 34.8 Å². The molecular weight excluding hydrogens is 454 g/mol. The van der Waals surface area contributed by atoms with Gasteiger partial charge in [0.15, 0.2) is 17.3 Å². The maximum atomic E-state index is 12.9. The summed E-state index contributed by atoms with van der Waals surface area (Å²) in [5, 5.41) is 5.54. The second-order valence-electron chi connectivity index (χ2n) is 7.79. The van der Waals surface area contributed by atoms with Crippen LogP contribution in [0, 0.1) is 5.92 Å². The minimum atomic E-state index is -0.542. The third-order valence-electron chi connectivity index (χ3n) is 5.61. The van der Waals surface area contributed by atoms with E-state index in [1.807, 2.05) is 0 Å². The highest BCUT2D eigenvalue weighted by Gasteiger charge is 2.36. The van der Waals surface area contributed by atoms with Gasteiger partial charge in [-0.05, 0) is 36.4 Å². The van der Waals surface area contributed by atoms with Gasteiger partial charge in [-0.15, -0.1) is 0 Å². The molecule has 0 radical (unpaired) electrons. The van der Waals surface area contributed by atoms with Crippen LogP contribution < -0.4 is 29.7 Å². The van der Waals surface area contributed by atoms with Crippen LogP contribution in [-0.2, 0) is 9.59 Å². The van der Waals surface area contributed by atoms with Gasteiger partial charge in [-0.25, -0.2) is 0 Å². The quantitative estimate of drug-likeness (QED) is 0.507. The van der Waals surface area contributed by atoms with Gasteiger partial charge in [0.2, 0.25) is 17.6 Å². The number of anilines is 3. The Hall–Kier alpha value is -4.47. The third-order valence-corrected chi connectivity index (χ3v) is 5.61. The van der Waals surface area contributed by atoms with Crippen LogP contribution in [0.2, 0.25) is 0 Å². The van der Waals surface area contributed by atoms with Crippen LogP contribution in [0.25, 0.3) is 0 Å².